The summed E-state index contributed by atoms with van der Waals surface area (Å²) in [5.41, 5.74) is 0. The first-order chi connectivity index (χ1) is 8.09. The van der Waals surface area contributed by atoms with Crippen molar-refractivity contribution in [3.8, 4) is 0 Å². The van der Waals surface area contributed by atoms with E-state index in [1.807, 2.05) is 17.8 Å². The monoisotopic (exact) mass is 234 g/mol. The molecule has 0 fully saturated rings. The molecule has 0 saturated heterocycles. The third-order valence-electron chi connectivity index (χ3n) is 2.62. The van der Waals surface area contributed by atoms with Gasteiger partial charge in [0.05, 0.1) is 6.04 Å². The highest BCUT2D eigenvalue weighted by Crippen LogP contribution is 2.19. The average molecular weight is 234 g/mol. The molecule has 92 valence electrons. The molecule has 1 N–H and O–H groups in total. The quantitative estimate of drug-likeness (QED) is 0.869. The molecular weight excluding hydrogens is 216 g/mol. The highest BCUT2D eigenvalue weighted by molar-refractivity contribution is 5.28. The van der Waals surface area contributed by atoms with Crippen molar-refractivity contribution in [3.05, 3.63) is 24.5 Å². The summed E-state index contributed by atoms with van der Waals surface area (Å²) in [5, 5.41) is 11.3. The fourth-order valence-corrected chi connectivity index (χ4v) is 1.79. The molecule has 2 aromatic rings. The molecule has 0 amide bonds. The first-order valence-corrected chi connectivity index (χ1v) is 5.73. The molecule has 6 heteroatoms. The Hall–Kier alpha value is -1.85. The first kappa shape index (κ1) is 11.6. The van der Waals surface area contributed by atoms with Gasteiger partial charge >= 0.3 is 0 Å². The van der Waals surface area contributed by atoms with E-state index in [1.54, 1.807) is 12.5 Å². The van der Waals surface area contributed by atoms with Gasteiger partial charge in [0, 0.05) is 25.5 Å². The zero-order chi connectivity index (χ0) is 12.4. The van der Waals surface area contributed by atoms with Crippen molar-refractivity contribution in [1.82, 2.24) is 24.3 Å². The minimum atomic E-state index is 0.103. The lowest BCUT2D eigenvalue weighted by Crippen LogP contribution is -2.18. The van der Waals surface area contributed by atoms with Crippen LogP contribution in [-0.2, 0) is 7.05 Å². The Balaban J connectivity index is 2.28. The molecule has 0 saturated carbocycles. The third kappa shape index (κ3) is 2.30. The molecule has 1 atom stereocenters. The lowest BCUT2D eigenvalue weighted by molar-refractivity contribution is 0.575. The van der Waals surface area contributed by atoms with E-state index in [1.165, 1.54) is 0 Å². The molecule has 2 aromatic heterocycles. The van der Waals surface area contributed by atoms with Gasteiger partial charge in [-0.1, -0.05) is 0 Å². The number of nitrogens with zero attached hydrogens (tertiary/aromatic N) is 5. The number of anilines is 1. The summed E-state index contributed by atoms with van der Waals surface area (Å²) in [6, 6.07) is 0.453. The van der Waals surface area contributed by atoms with Crippen LogP contribution in [0.15, 0.2) is 18.7 Å². The van der Waals surface area contributed by atoms with Gasteiger partial charge in [0.2, 0.25) is 5.95 Å². The number of rotatable bonds is 4. The molecule has 6 nitrogen and oxygen atoms in total. The second-order valence-electron chi connectivity index (χ2n) is 4.43. The van der Waals surface area contributed by atoms with Crippen LogP contribution in [0, 0.1) is 0 Å². The van der Waals surface area contributed by atoms with Gasteiger partial charge in [0.1, 0.15) is 6.33 Å². The second kappa shape index (κ2) is 4.57. The van der Waals surface area contributed by atoms with Crippen LogP contribution in [0.25, 0.3) is 0 Å². The van der Waals surface area contributed by atoms with Crippen LogP contribution in [0.1, 0.15) is 32.6 Å². The summed E-state index contributed by atoms with van der Waals surface area (Å²) < 4.78 is 3.98. The van der Waals surface area contributed by atoms with Crippen LogP contribution in [-0.4, -0.2) is 30.4 Å². The summed E-state index contributed by atoms with van der Waals surface area (Å²) in [7, 11) is 1.94. The molecule has 0 aromatic carbocycles. The molecule has 0 aliphatic heterocycles. The maximum atomic E-state index is 4.31. The van der Waals surface area contributed by atoms with Gasteiger partial charge in [-0.05, 0) is 20.8 Å². The molecular formula is C11H18N6. The molecule has 0 radical (unpaired) electrons. The summed E-state index contributed by atoms with van der Waals surface area (Å²) in [4.78, 5) is 4.31. The van der Waals surface area contributed by atoms with E-state index in [2.05, 4.69) is 45.8 Å². The molecule has 1 unspecified atom stereocenters. The summed E-state index contributed by atoms with van der Waals surface area (Å²) >= 11 is 0. The van der Waals surface area contributed by atoms with Crippen molar-refractivity contribution in [3.63, 3.8) is 0 Å². The lowest BCUT2D eigenvalue weighted by Gasteiger charge is -2.17. The normalized spacial score (nSPS) is 13.0. The Morgan fingerprint density at radius 3 is 2.65 bits per heavy atom. The van der Waals surface area contributed by atoms with Crippen LogP contribution in [0.5, 0.6) is 0 Å². The van der Waals surface area contributed by atoms with E-state index in [0.29, 0.717) is 6.04 Å². The van der Waals surface area contributed by atoms with Crippen LogP contribution in [0.3, 0.4) is 0 Å². The van der Waals surface area contributed by atoms with Crippen LogP contribution < -0.4 is 5.32 Å². The van der Waals surface area contributed by atoms with E-state index in [4.69, 9.17) is 0 Å². The fourth-order valence-electron chi connectivity index (χ4n) is 1.79. The van der Waals surface area contributed by atoms with Crippen molar-refractivity contribution in [1.29, 1.82) is 0 Å². The number of imidazole rings is 1. The standard InChI is InChI=1S/C11H18N6/c1-8(2)14-11-12-5-6-17(11)9(3)10-15-13-7-16(10)4/h5-9H,1-4H3,(H,12,14). The lowest BCUT2D eigenvalue weighted by atomic mass is 10.3. The molecule has 17 heavy (non-hydrogen) atoms. The van der Waals surface area contributed by atoms with E-state index >= 15 is 0 Å². The van der Waals surface area contributed by atoms with E-state index in [9.17, 15) is 0 Å². The number of aryl methyl sites for hydroxylation is 1. The van der Waals surface area contributed by atoms with Gasteiger partial charge in [0.25, 0.3) is 0 Å². The smallest absolute Gasteiger partial charge is 0.203 e. The summed E-state index contributed by atoms with van der Waals surface area (Å²) in [6.45, 7) is 6.26. The van der Waals surface area contributed by atoms with Crippen molar-refractivity contribution in [2.45, 2.75) is 32.9 Å². The van der Waals surface area contributed by atoms with E-state index in [0.717, 1.165) is 11.8 Å². The first-order valence-electron chi connectivity index (χ1n) is 5.73. The van der Waals surface area contributed by atoms with Crippen molar-refractivity contribution in [2.75, 3.05) is 5.32 Å². The van der Waals surface area contributed by atoms with Crippen molar-refractivity contribution >= 4 is 5.95 Å². The predicted molar refractivity (Wildman–Crippen MR) is 65.8 cm³/mol. The van der Waals surface area contributed by atoms with E-state index in [-0.39, 0.29) is 6.04 Å². The Morgan fingerprint density at radius 2 is 2.06 bits per heavy atom. The summed E-state index contributed by atoms with van der Waals surface area (Å²) in [5.74, 6) is 1.77. The highest BCUT2D eigenvalue weighted by atomic mass is 15.3. The number of nitrogens with one attached hydrogen (secondary N) is 1. The Kier molecular flexibility index (Phi) is 3.12. The van der Waals surface area contributed by atoms with Gasteiger partial charge in [0.15, 0.2) is 5.82 Å². The second-order valence-corrected chi connectivity index (χ2v) is 4.43. The average Bonchev–Trinajstić information content (AvgIpc) is 2.85. The molecule has 0 spiro atoms. The highest BCUT2D eigenvalue weighted by Gasteiger charge is 2.16. The Bertz CT molecular complexity index is 484. The van der Waals surface area contributed by atoms with Gasteiger partial charge in [-0.3, -0.25) is 0 Å². The predicted octanol–water partition coefficient (Wildman–Crippen LogP) is 1.44. The molecule has 0 aliphatic carbocycles. The van der Waals surface area contributed by atoms with Crippen LogP contribution in [0.2, 0.25) is 0 Å². The van der Waals surface area contributed by atoms with Gasteiger partial charge in [-0.25, -0.2) is 4.98 Å². The maximum absolute atomic E-state index is 4.31. The maximum Gasteiger partial charge on any atom is 0.203 e. The van der Waals surface area contributed by atoms with Gasteiger partial charge < -0.3 is 14.5 Å². The van der Waals surface area contributed by atoms with Crippen LogP contribution in [0.4, 0.5) is 5.95 Å². The van der Waals surface area contributed by atoms with E-state index < -0.39 is 0 Å². The zero-order valence-corrected chi connectivity index (χ0v) is 10.6. The minimum Gasteiger partial charge on any atom is -0.353 e. The van der Waals surface area contributed by atoms with Crippen molar-refractivity contribution in [2.24, 2.45) is 7.05 Å². The number of hydrogen-bond donors (Lipinski definition) is 1. The van der Waals surface area contributed by atoms with Gasteiger partial charge in [-0.2, -0.15) is 0 Å². The molecule has 2 heterocycles. The topological polar surface area (TPSA) is 60.6 Å². The fraction of sp³-hybridized carbons (Fsp3) is 0.545. The molecule has 0 aliphatic rings. The molecule has 2 rings (SSSR count). The number of hydrogen-bond acceptors (Lipinski definition) is 4. The minimum absolute atomic E-state index is 0.103. The zero-order valence-electron chi connectivity index (χ0n) is 10.6. The van der Waals surface area contributed by atoms with Crippen LogP contribution >= 0.6 is 0 Å². The molecule has 0 bridgehead atoms. The van der Waals surface area contributed by atoms with Crippen molar-refractivity contribution < 1.29 is 0 Å². The summed E-state index contributed by atoms with van der Waals surface area (Å²) in [6.07, 6.45) is 5.44. The number of aromatic nitrogens is 5. The van der Waals surface area contributed by atoms with Gasteiger partial charge in [-0.15, -0.1) is 10.2 Å². The largest absolute Gasteiger partial charge is 0.353 e. The Morgan fingerprint density at radius 1 is 1.29 bits per heavy atom. The third-order valence-corrected chi connectivity index (χ3v) is 2.62. The SMILES string of the molecule is CC(C)Nc1nccn1C(C)c1nncn1C. The Labute approximate surface area is 101 Å².